The maximum Gasteiger partial charge on any atom is 0.146 e. The molecule has 0 aliphatic rings. The van der Waals surface area contributed by atoms with E-state index in [-0.39, 0.29) is 0 Å². The van der Waals surface area contributed by atoms with Crippen molar-refractivity contribution in [3.8, 4) is 0 Å². The van der Waals surface area contributed by atoms with Crippen molar-refractivity contribution in [2.24, 2.45) is 12.8 Å². The molecule has 2 rings (SSSR count). The lowest BCUT2D eigenvalue weighted by molar-refractivity contribution is 0.586. The number of hydrogen-bond donors (Lipinski definition) is 1. The van der Waals surface area contributed by atoms with E-state index in [1.54, 1.807) is 23.2 Å². The predicted molar refractivity (Wildman–Crippen MR) is 53.4 cm³/mol. The van der Waals surface area contributed by atoms with Crippen LogP contribution in [0.25, 0.3) is 0 Å². The summed E-state index contributed by atoms with van der Waals surface area (Å²) in [5.74, 6) is -0.397. The van der Waals surface area contributed by atoms with E-state index < -0.39 is 11.9 Å². The Hall–Kier alpha value is -1.75. The summed E-state index contributed by atoms with van der Waals surface area (Å²) in [6, 6.07) is 1.06. The van der Waals surface area contributed by atoms with E-state index in [0.717, 1.165) is 11.9 Å². The first kappa shape index (κ1) is 9.79. The first-order valence-electron chi connectivity index (χ1n) is 4.51. The summed E-state index contributed by atoms with van der Waals surface area (Å²) in [5.41, 5.74) is 7.12. The minimum Gasteiger partial charge on any atom is -0.336 e. The van der Waals surface area contributed by atoms with Crippen LogP contribution in [-0.2, 0) is 7.05 Å². The summed E-state index contributed by atoms with van der Waals surface area (Å²) in [4.78, 5) is 7.62. The Morgan fingerprint density at radius 1 is 1.40 bits per heavy atom. The molecule has 2 aromatic heterocycles. The molecule has 0 amide bonds. The lowest BCUT2D eigenvalue weighted by atomic mass is 10.1. The van der Waals surface area contributed by atoms with Crippen LogP contribution >= 0.6 is 0 Å². The van der Waals surface area contributed by atoms with Gasteiger partial charge in [0.1, 0.15) is 5.82 Å². The van der Waals surface area contributed by atoms with Gasteiger partial charge in [0.25, 0.3) is 0 Å². The lowest BCUT2D eigenvalue weighted by Crippen LogP contribution is -2.16. The van der Waals surface area contributed by atoms with Crippen molar-refractivity contribution in [1.82, 2.24) is 14.5 Å². The Morgan fingerprint density at radius 2 is 2.20 bits per heavy atom. The molecular formula is C10H11FN4. The van der Waals surface area contributed by atoms with Crippen molar-refractivity contribution in [2.75, 3.05) is 0 Å². The van der Waals surface area contributed by atoms with Gasteiger partial charge < -0.3 is 10.3 Å². The zero-order chi connectivity index (χ0) is 10.8. The van der Waals surface area contributed by atoms with Gasteiger partial charge in [-0.3, -0.25) is 4.98 Å². The molecule has 0 aliphatic carbocycles. The molecule has 0 spiro atoms. The van der Waals surface area contributed by atoms with Crippen LogP contribution in [0.4, 0.5) is 4.39 Å². The number of imidazole rings is 1. The molecule has 0 saturated carbocycles. The Morgan fingerprint density at radius 3 is 2.80 bits per heavy atom. The van der Waals surface area contributed by atoms with Crippen LogP contribution in [0.15, 0.2) is 31.0 Å². The normalized spacial score (nSPS) is 12.7. The highest BCUT2D eigenvalue weighted by molar-refractivity contribution is 5.25. The molecule has 0 aliphatic heterocycles. The van der Waals surface area contributed by atoms with Crippen molar-refractivity contribution in [2.45, 2.75) is 6.04 Å². The number of rotatable bonds is 2. The van der Waals surface area contributed by atoms with Crippen molar-refractivity contribution in [1.29, 1.82) is 0 Å². The van der Waals surface area contributed by atoms with E-state index in [0.29, 0.717) is 5.56 Å². The topological polar surface area (TPSA) is 56.7 Å². The molecule has 2 heterocycles. The number of aryl methyl sites for hydroxylation is 1. The van der Waals surface area contributed by atoms with Crippen LogP contribution in [0, 0.1) is 5.82 Å². The Labute approximate surface area is 86.6 Å². The molecule has 0 fully saturated rings. The summed E-state index contributed by atoms with van der Waals surface area (Å²) >= 11 is 0. The van der Waals surface area contributed by atoms with Crippen molar-refractivity contribution >= 4 is 0 Å². The molecule has 0 bridgehead atoms. The van der Waals surface area contributed by atoms with E-state index in [1.165, 1.54) is 6.20 Å². The third-order valence-corrected chi connectivity index (χ3v) is 2.31. The van der Waals surface area contributed by atoms with E-state index in [4.69, 9.17) is 5.73 Å². The molecular weight excluding hydrogens is 195 g/mol. The number of nitrogens with zero attached hydrogens (tertiary/aromatic N) is 3. The first-order valence-corrected chi connectivity index (χ1v) is 4.51. The third-order valence-electron chi connectivity index (χ3n) is 2.31. The lowest BCUT2D eigenvalue weighted by Gasteiger charge is -2.12. The van der Waals surface area contributed by atoms with Crippen LogP contribution in [0.2, 0.25) is 0 Å². The number of halogens is 1. The van der Waals surface area contributed by atoms with E-state index >= 15 is 0 Å². The van der Waals surface area contributed by atoms with Crippen molar-refractivity contribution < 1.29 is 4.39 Å². The molecule has 0 aromatic carbocycles. The van der Waals surface area contributed by atoms with Gasteiger partial charge >= 0.3 is 0 Å². The quantitative estimate of drug-likeness (QED) is 0.797. The zero-order valence-corrected chi connectivity index (χ0v) is 8.26. The number of hydrogen-bond acceptors (Lipinski definition) is 3. The van der Waals surface area contributed by atoms with Gasteiger partial charge in [-0.25, -0.2) is 9.37 Å². The monoisotopic (exact) mass is 206 g/mol. The highest BCUT2D eigenvalue weighted by Gasteiger charge is 2.15. The third kappa shape index (κ3) is 1.73. The average molecular weight is 206 g/mol. The molecule has 0 radical (unpaired) electrons. The molecule has 15 heavy (non-hydrogen) atoms. The minimum atomic E-state index is -0.513. The van der Waals surface area contributed by atoms with Crippen LogP contribution in [0.5, 0.6) is 0 Å². The fourth-order valence-corrected chi connectivity index (χ4v) is 1.46. The zero-order valence-electron chi connectivity index (χ0n) is 8.26. The van der Waals surface area contributed by atoms with Crippen LogP contribution in [0.3, 0.4) is 0 Å². The average Bonchev–Trinajstić information content (AvgIpc) is 2.64. The predicted octanol–water partition coefficient (Wildman–Crippen LogP) is 1.00. The molecule has 4 nitrogen and oxygen atoms in total. The summed E-state index contributed by atoms with van der Waals surface area (Å²) < 4.78 is 15.2. The Balaban J connectivity index is 2.41. The van der Waals surface area contributed by atoms with E-state index in [9.17, 15) is 4.39 Å². The maximum atomic E-state index is 13.4. The Kier molecular flexibility index (Phi) is 2.47. The number of nitrogens with two attached hydrogens (primary N) is 1. The standard InChI is InChI=1S/C10H11FN4/c1-15-6-14-5-9(15)10(12)7-2-3-13-4-8(7)11/h2-6,10H,12H2,1H3. The highest BCUT2D eigenvalue weighted by Crippen LogP contribution is 2.20. The van der Waals surface area contributed by atoms with Crippen LogP contribution in [-0.4, -0.2) is 14.5 Å². The van der Waals surface area contributed by atoms with Gasteiger partial charge in [-0.2, -0.15) is 0 Å². The summed E-state index contributed by atoms with van der Waals surface area (Å²) in [6.45, 7) is 0. The maximum absolute atomic E-state index is 13.4. The first-order chi connectivity index (χ1) is 7.20. The highest BCUT2D eigenvalue weighted by atomic mass is 19.1. The fourth-order valence-electron chi connectivity index (χ4n) is 1.46. The number of pyridine rings is 1. The fraction of sp³-hybridized carbons (Fsp3) is 0.200. The second-order valence-corrected chi connectivity index (χ2v) is 3.30. The van der Waals surface area contributed by atoms with Crippen LogP contribution in [0.1, 0.15) is 17.3 Å². The van der Waals surface area contributed by atoms with E-state index in [1.807, 2.05) is 7.05 Å². The SMILES string of the molecule is Cn1cncc1C(N)c1ccncc1F. The molecule has 2 aromatic rings. The van der Waals surface area contributed by atoms with E-state index in [2.05, 4.69) is 9.97 Å². The molecule has 2 N–H and O–H groups in total. The molecule has 78 valence electrons. The second-order valence-electron chi connectivity index (χ2n) is 3.30. The van der Waals surface area contributed by atoms with Gasteiger partial charge in [0.15, 0.2) is 0 Å². The molecule has 5 heteroatoms. The van der Waals surface area contributed by atoms with Crippen LogP contribution < -0.4 is 5.73 Å². The minimum absolute atomic E-state index is 0.397. The van der Waals surface area contributed by atoms with Gasteiger partial charge in [-0.15, -0.1) is 0 Å². The van der Waals surface area contributed by atoms with Gasteiger partial charge in [-0.05, 0) is 6.07 Å². The molecule has 0 saturated heterocycles. The Bertz CT molecular complexity index is 466. The van der Waals surface area contributed by atoms with Gasteiger partial charge in [0.2, 0.25) is 0 Å². The summed E-state index contributed by atoms with van der Waals surface area (Å²) in [7, 11) is 1.82. The summed E-state index contributed by atoms with van der Waals surface area (Å²) in [5, 5.41) is 0. The smallest absolute Gasteiger partial charge is 0.146 e. The molecule has 1 unspecified atom stereocenters. The van der Waals surface area contributed by atoms with Gasteiger partial charge in [0, 0.05) is 18.8 Å². The largest absolute Gasteiger partial charge is 0.336 e. The molecule has 1 atom stereocenters. The van der Waals surface area contributed by atoms with Gasteiger partial charge in [0.05, 0.1) is 30.5 Å². The summed E-state index contributed by atoms with van der Waals surface area (Å²) in [6.07, 6.45) is 5.94. The van der Waals surface area contributed by atoms with Crippen molar-refractivity contribution in [3.63, 3.8) is 0 Å². The second kappa shape index (κ2) is 3.78. The van der Waals surface area contributed by atoms with Gasteiger partial charge in [-0.1, -0.05) is 0 Å². The number of aromatic nitrogens is 3. The van der Waals surface area contributed by atoms with Crippen molar-refractivity contribution in [3.05, 3.63) is 48.1 Å².